The molecule has 0 radical (unpaired) electrons. The standard InChI is InChI=1S/C15H16N4O3.ClH/c20-15(13-10-7-16-5-4-11(10)18-19-13)17-6-9-2-1-3-12-14(9)22-8-21-12;/h1-3,16H,4-8H2,(H,17,20)(H,18,19);1H. The molecule has 0 saturated carbocycles. The molecule has 0 bridgehead atoms. The van der Waals surface area contributed by atoms with Crippen molar-refractivity contribution in [3.63, 3.8) is 0 Å². The van der Waals surface area contributed by atoms with Crippen LogP contribution in [0, 0.1) is 0 Å². The van der Waals surface area contributed by atoms with E-state index in [2.05, 4.69) is 20.8 Å². The number of hydrogen-bond acceptors (Lipinski definition) is 5. The van der Waals surface area contributed by atoms with E-state index in [1.54, 1.807) is 0 Å². The third kappa shape index (κ3) is 2.85. The fraction of sp³-hybridized carbons (Fsp3) is 0.333. The Kier molecular flexibility index (Phi) is 4.40. The van der Waals surface area contributed by atoms with Gasteiger partial charge in [-0.2, -0.15) is 5.10 Å². The summed E-state index contributed by atoms with van der Waals surface area (Å²) in [5.41, 5.74) is 3.36. The molecule has 0 saturated heterocycles. The van der Waals surface area contributed by atoms with Crippen LogP contribution in [0.25, 0.3) is 0 Å². The Hall–Kier alpha value is -2.25. The highest BCUT2D eigenvalue weighted by atomic mass is 35.5. The van der Waals surface area contributed by atoms with Crippen LogP contribution in [0.4, 0.5) is 0 Å². The van der Waals surface area contributed by atoms with Crippen molar-refractivity contribution in [3.8, 4) is 11.5 Å². The number of hydrogen-bond donors (Lipinski definition) is 3. The lowest BCUT2D eigenvalue weighted by Crippen LogP contribution is -2.28. The molecule has 3 N–H and O–H groups in total. The minimum Gasteiger partial charge on any atom is -0.454 e. The van der Waals surface area contributed by atoms with E-state index in [-0.39, 0.29) is 25.1 Å². The number of halogens is 1. The van der Waals surface area contributed by atoms with Crippen molar-refractivity contribution < 1.29 is 14.3 Å². The molecular formula is C15H17ClN4O3. The number of nitrogens with one attached hydrogen (secondary N) is 3. The second kappa shape index (κ2) is 6.47. The Bertz CT molecular complexity index is 732. The van der Waals surface area contributed by atoms with E-state index < -0.39 is 0 Å². The summed E-state index contributed by atoms with van der Waals surface area (Å²) in [5.74, 6) is 1.24. The fourth-order valence-electron chi connectivity index (χ4n) is 2.80. The van der Waals surface area contributed by atoms with Gasteiger partial charge in [-0.15, -0.1) is 12.4 Å². The lowest BCUT2D eigenvalue weighted by Gasteiger charge is -2.13. The molecule has 23 heavy (non-hydrogen) atoms. The molecule has 3 heterocycles. The summed E-state index contributed by atoms with van der Waals surface area (Å²) in [6.07, 6.45) is 0.868. The molecule has 2 aliphatic rings. The van der Waals surface area contributed by atoms with Crippen LogP contribution in [0.5, 0.6) is 11.5 Å². The molecule has 1 aromatic carbocycles. The maximum atomic E-state index is 12.4. The summed E-state index contributed by atoms with van der Waals surface area (Å²) in [6.45, 7) is 2.18. The van der Waals surface area contributed by atoms with Gasteiger partial charge in [-0.1, -0.05) is 12.1 Å². The molecule has 0 fully saturated rings. The first kappa shape index (κ1) is 15.6. The number of carbonyl (C=O) groups is 1. The van der Waals surface area contributed by atoms with Crippen LogP contribution in [0.3, 0.4) is 0 Å². The molecule has 2 aromatic rings. The lowest BCUT2D eigenvalue weighted by molar-refractivity contribution is 0.0944. The highest BCUT2D eigenvalue weighted by Crippen LogP contribution is 2.35. The third-order valence-corrected chi connectivity index (χ3v) is 3.94. The molecule has 0 unspecified atom stereocenters. The van der Waals surface area contributed by atoms with Crippen molar-refractivity contribution in [1.29, 1.82) is 0 Å². The van der Waals surface area contributed by atoms with Crippen LogP contribution in [0.1, 0.15) is 27.3 Å². The SMILES string of the molecule is Cl.O=C(NCc1cccc2c1OCO2)c1n[nH]c2c1CNCC2. The van der Waals surface area contributed by atoms with Crippen LogP contribution in [-0.2, 0) is 19.5 Å². The highest BCUT2D eigenvalue weighted by Gasteiger charge is 2.22. The normalized spacial score (nSPS) is 14.8. The first-order chi connectivity index (χ1) is 10.8. The smallest absolute Gasteiger partial charge is 0.272 e. The van der Waals surface area contributed by atoms with Crippen LogP contribution >= 0.6 is 12.4 Å². The van der Waals surface area contributed by atoms with E-state index in [1.807, 2.05) is 18.2 Å². The van der Waals surface area contributed by atoms with Crippen molar-refractivity contribution >= 4 is 18.3 Å². The van der Waals surface area contributed by atoms with Gasteiger partial charge >= 0.3 is 0 Å². The number of carbonyl (C=O) groups excluding carboxylic acids is 1. The average molecular weight is 337 g/mol. The van der Waals surface area contributed by atoms with E-state index in [0.717, 1.165) is 29.8 Å². The molecule has 0 atom stereocenters. The number of rotatable bonds is 3. The molecule has 8 heteroatoms. The molecule has 122 valence electrons. The quantitative estimate of drug-likeness (QED) is 0.782. The first-order valence-electron chi connectivity index (χ1n) is 7.25. The number of ether oxygens (including phenoxy) is 2. The van der Waals surface area contributed by atoms with Gasteiger partial charge in [-0.25, -0.2) is 0 Å². The summed E-state index contributed by atoms with van der Waals surface area (Å²) >= 11 is 0. The third-order valence-electron chi connectivity index (χ3n) is 3.94. The molecule has 4 rings (SSSR count). The van der Waals surface area contributed by atoms with Gasteiger partial charge in [0, 0.05) is 42.9 Å². The van der Waals surface area contributed by atoms with Gasteiger partial charge in [0.25, 0.3) is 5.91 Å². The predicted molar refractivity (Wildman–Crippen MR) is 85.0 cm³/mol. The van der Waals surface area contributed by atoms with Gasteiger partial charge < -0.3 is 20.1 Å². The van der Waals surface area contributed by atoms with E-state index in [1.165, 1.54) is 0 Å². The number of aromatic nitrogens is 2. The molecule has 0 aliphatic carbocycles. The second-order valence-electron chi connectivity index (χ2n) is 5.29. The summed E-state index contributed by atoms with van der Waals surface area (Å²) in [6, 6.07) is 5.65. The second-order valence-corrected chi connectivity index (χ2v) is 5.29. The van der Waals surface area contributed by atoms with Gasteiger partial charge in [0.2, 0.25) is 6.79 Å². The van der Waals surface area contributed by atoms with Gasteiger partial charge in [0.1, 0.15) is 0 Å². The molecule has 1 aromatic heterocycles. The summed E-state index contributed by atoms with van der Waals surface area (Å²) in [5, 5.41) is 13.3. The van der Waals surface area contributed by atoms with E-state index in [4.69, 9.17) is 9.47 Å². The highest BCUT2D eigenvalue weighted by molar-refractivity contribution is 5.94. The molecule has 1 amide bonds. The monoisotopic (exact) mass is 336 g/mol. The zero-order chi connectivity index (χ0) is 14.9. The van der Waals surface area contributed by atoms with Gasteiger partial charge in [-0.05, 0) is 6.07 Å². The number of nitrogens with zero attached hydrogens (tertiary/aromatic N) is 1. The average Bonchev–Trinajstić information content (AvgIpc) is 3.19. The molecular weight excluding hydrogens is 320 g/mol. The minimum atomic E-state index is -0.183. The number of H-pyrrole nitrogens is 1. The van der Waals surface area contributed by atoms with Crippen molar-refractivity contribution in [2.24, 2.45) is 0 Å². The molecule has 2 aliphatic heterocycles. The maximum Gasteiger partial charge on any atom is 0.272 e. The maximum absolute atomic E-state index is 12.4. The van der Waals surface area contributed by atoms with Gasteiger partial charge in [-0.3, -0.25) is 9.89 Å². The van der Waals surface area contributed by atoms with Crippen LogP contribution in [-0.4, -0.2) is 29.4 Å². The first-order valence-corrected chi connectivity index (χ1v) is 7.25. The Balaban J connectivity index is 0.00000156. The number of aromatic amines is 1. The topological polar surface area (TPSA) is 88.3 Å². The summed E-state index contributed by atoms with van der Waals surface area (Å²) < 4.78 is 10.8. The molecule has 0 spiro atoms. The summed E-state index contributed by atoms with van der Waals surface area (Å²) in [4.78, 5) is 12.4. The summed E-state index contributed by atoms with van der Waals surface area (Å²) in [7, 11) is 0. The van der Waals surface area contributed by atoms with Crippen LogP contribution < -0.4 is 20.1 Å². The largest absolute Gasteiger partial charge is 0.454 e. The fourth-order valence-corrected chi connectivity index (χ4v) is 2.80. The number of amides is 1. The zero-order valence-corrected chi connectivity index (χ0v) is 13.2. The van der Waals surface area contributed by atoms with Crippen LogP contribution in [0.2, 0.25) is 0 Å². The number of fused-ring (bicyclic) bond motifs is 2. The number of benzene rings is 1. The molecule has 7 nitrogen and oxygen atoms in total. The van der Waals surface area contributed by atoms with E-state index in [0.29, 0.717) is 30.3 Å². The van der Waals surface area contributed by atoms with Crippen molar-refractivity contribution in [2.75, 3.05) is 13.3 Å². The Morgan fingerprint density at radius 1 is 1.35 bits per heavy atom. The Morgan fingerprint density at radius 3 is 3.17 bits per heavy atom. The van der Waals surface area contributed by atoms with Crippen molar-refractivity contribution in [2.45, 2.75) is 19.5 Å². The van der Waals surface area contributed by atoms with Gasteiger partial charge in [0.15, 0.2) is 17.2 Å². The minimum absolute atomic E-state index is 0. The Morgan fingerprint density at radius 2 is 2.26 bits per heavy atom. The van der Waals surface area contributed by atoms with E-state index >= 15 is 0 Å². The number of para-hydroxylation sites is 1. The van der Waals surface area contributed by atoms with Crippen LogP contribution in [0.15, 0.2) is 18.2 Å². The van der Waals surface area contributed by atoms with Crippen molar-refractivity contribution in [3.05, 3.63) is 40.7 Å². The van der Waals surface area contributed by atoms with E-state index in [9.17, 15) is 4.79 Å². The van der Waals surface area contributed by atoms with Crippen molar-refractivity contribution in [1.82, 2.24) is 20.8 Å². The predicted octanol–water partition coefficient (Wildman–Crippen LogP) is 1.14. The Labute approximate surface area is 139 Å². The zero-order valence-electron chi connectivity index (χ0n) is 12.3. The van der Waals surface area contributed by atoms with Gasteiger partial charge in [0.05, 0.1) is 0 Å². The lowest BCUT2D eigenvalue weighted by atomic mass is 10.1.